The van der Waals surface area contributed by atoms with Crippen molar-refractivity contribution in [1.82, 2.24) is 47.2 Å². The summed E-state index contributed by atoms with van der Waals surface area (Å²) in [6, 6.07) is -13.6. The van der Waals surface area contributed by atoms with Crippen LogP contribution in [0.15, 0.2) is 12.5 Å². The van der Waals surface area contributed by atoms with Crippen LogP contribution in [0.1, 0.15) is 105 Å². The van der Waals surface area contributed by atoms with Gasteiger partial charge in [-0.05, 0) is 74.8 Å². The molecular weight excluding hydrogens is 1010 g/mol. The van der Waals surface area contributed by atoms with Crippen LogP contribution in [0.5, 0.6) is 0 Å². The van der Waals surface area contributed by atoms with Gasteiger partial charge in [-0.15, -0.1) is 0 Å². The fourth-order valence-electron chi connectivity index (χ4n) is 6.99. The molecule has 0 bridgehead atoms. The Hall–Kier alpha value is -6.72. The number of aromatic amines is 1. The molecule has 0 saturated carbocycles. The molecule has 29 heteroatoms. The fraction of sp³-hybridized carbons (Fsp3) is 0.674. The molecule has 0 unspecified atom stereocenters. The number of carboxylic acid groups (broad SMARTS) is 2. The molecule has 1 rings (SSSR count). The third-order valence-electron chi connectivity index (χ3n) is 11.1. The zero-order valence-corrected chi connectivity index (χ0v) is 44.3. The van der Waals surface area contributed by atoms with Gasteiger partial charge in [0.25, 0.3) is 0 Å². The summed E-state index contributed by atoms with van der Waals surface area (Å²) >= 11 is 1.25. The highest BCUT2D eigenvalue weighted by atomic mass is 32.2. The van der Waals surface area contributed by atoms with Gasteiger partial charge in [-0.3, -0.25) is 47.9 Å². The van der Waals surface area contributed by atoms with E-state index in [1.807, 2.05) is 0 Å². The summed E-state index contributed by atoms with van der Waals surface area (Å²) < 4.78 is 5.19. The molecule has 0 saturated heterocycles. The van der Waals surface area contributed by atoms with E-state index >= 15 is 0 Å². The van der Waals surface area contributed by atoms with Crippen LogP contribution in [-0.4, -0.2) is 164 Å². The molecule has 9 atom stereocenters. The number of H-pyrrole nitrogens is 1. The van der Waals surface area contributed by atoms with Crippen molar-refractivity contribution in [3.05, 3.63) is 18.2 Å². The van der Waals surface area contributed by atoms with E-state index in [1.165, 1.54) is 24.3 Å². The topological polar surface area (TPSA) is 471 Å². The van der Waals surface area contributed by atoms with Gasteiger partial charge in [0.15, 0.2) is 0 Å². The minimum Gasteiger partial charge on any atom is -0.481 e. The number of rotatable bonds is 36. The Kier molecular flexibility index (Phi) is 30.0. The first-order valence-corrected chi connectivity index (χ1v) is 25.8. The van der Waals surface area contributed by atoms with Gasteiger partial charge in [0.05, 0.1) is 37.7 Å². The number of hydrogen-bond donors (Lipinski definition) is 14. The number of carbonyl (C=O) groups excluding carboxylic acids is 10. The predicted molar refractivity (Wildman–Crippen MR) is 271 cm³/mol. The number of ether oxygens (including phenoxy) is 1. The fourth-order valence-corrected chi connectivity index (χ4v) is 7.46. The van der Waals surface area contributed by atoms with Gasteiger partial charge in [0, 0.05) is 18.3 Å². The third kappa shape index (κ3) is 25.9. The van der Waals surface area contributed by atoms with E-state index in [4.69, 9.17) is 27.7 Å². The van der Waals surface area contributed by atoms with Gasteiger partial charge >= 0.3 is 23.9 Å². The second kappa shape index (κ2) is 34.0. The first kappa shape index (κ1) is 66.3. The summed E-state index contributed by atoms with van der Waals surface area (Å²) in [5.41, 5.74) is 23.5. The summed E-state index contributed by atoms with van der Waals surface area (Å²) in [4.78, 5) is 164. The maximum absolute atomic E-state index is 13.9. The van der Waals surface area contributed by atoms with E-state index in [0.717, 1.165) is 0 Å². The lowest BCUT2D eigenvalue weighted by Gasteiger charge is -2.27. The molecule has 18 N–H and O–H groups in total. The number of nitrogens with one attached hydrogen (secondary N) is 8. The Labute approximate surface area is 439 Å². The maximum atomic E-state index is 13.9. The van der Waals surface area contributed by atoms with Crippen LogP contribution in [0.2, 0.25) is 0 Å². The van der Waals surface area contributed by atoms with Crippen LogP contribution < -0.4 is 60.2 Å². The van der Waals surface area contributed by atoms with Crippen LogP contribution in [0.3, 0.4) is 0 Å². The molecule has 0 spiro atoms. The first-order valence-electron chi connectivity index (χ1n) is 24.4. The maximum Gasteiger partial charge on any atom is 0.336 e. The van der Waals surface area contributed by atoms with E-state index in [0.29, 0.717) is 12.1 Å². The summed E-state index contributed by atoms with van der Waals surface area (Å²) in [5, 5.41) is 35.8. The first-order chi connectivity index (χ1) is 35.1. The number of amides is 8. The minimum atomic E-state index is -1.83. The standard InChI is InChI=1S/C46H77N13O15S/c1-22(2)14-29(58-44(71)37(50)24(5)6)40(67)57-32(19-36(63)64)43(70)59-33(15-23(3)4)46(73)74-45(72)28(10-8-9-12-47)54-41(68)30(17-34(49)60)56-39(66)27(11-13-75-7)53-42(69)31(18-35(61)62)55-38(65)26(48)16-25-20-51-21-52-25/h20-24,26-33,37H,8-19,47-48,50H2,1-7H3,(H2,49,60)(H,51,52)(H,53,69)(H,54,68)(H,55,65)(H,56,66)(H,57,67)(H,58,71)(H,59,70)(H,61,62)(H,63,64)/t26-,27-,28-,29-,30-,31-,32-,33-,37-/m0/s1. The Morgan fingerprint density at radius 2 is 1.04 bits per heavy atom. The van der Waals surface area contributed by atoms with Crippen molar-refractivity contribution in [2.45, 2.75) is 160 Å². The van der Waals surface area contributed by atoms with E-state index in [2.05, 4.69) is 47.2 Å². The van der Waals surface area contributed by atoms with Gasteiger partial charge in [-0.25, -0.2) is 14.6 Å². The summed E-state index contributed by atoms with van der Waals surface area (Å²) in [7, 11) is 0. The van der Waals surface area contributed by atoms with Crippen LogP contribution >= 0.6 is 11.8 Å². The smallest absolute Gasteiger partial charge is 0.336 e. The molecule has 0 aliphatic rings. The quantitative estimate of drug-likeness (QED) is 0.0176. The molecule has 75 heavy (non-hydrogen) atoms. The molecule has 28 nitrogen and oxygen atoms in total. The zero-order valence-electron chi connectivity index (χ0n) is 43.4. The lowest BCUT2D eigenvalue weighted by atomic mass is 10.00. The molecule has 0 radical (unpaired) electrons. The van der Waals surface area contributed by atoms with E-state index in [9.17, 15) is 67.7 Å². The van der Waals surface area contributed by atoms with Crippen molar-refractivity contribution in [2.24, 2.45) is 40.7 Å². The minimum absolute atomic E-state index is 0.0493. The molecule has 1 aromatic heterocycles. The van der Waals surface area contributed by atoms with Crippen molar-refractivity contribution < 1.29 is 72.5 Å². The molecule has 0 aliphatic heterocycles. The number of carboxylic acids is 2. The van der Waals surface area contributed by atoms with Gasteiger partial charge in [-0.2, -0.15) is 11.8 Å². The Morgan fingerprint density at radius 3 is 1.51 bits per heavy atom. The summed E-state index contributed by atoms with van der Waals surface area (Å²) in [6.07, 6.45) is 1.67. The average Bonchev–Trinajstić information content (AvgIpc) is 3.83. The molecule has 0 fully saturated rings. The Balaban J connectivity index is 3.42. The summed E-state index contributed by atoms with van der Waals surface area (Å²) in [6.45, 7) is 10.4. The number of imidazole rings is 1. The lowest BCUT2D eigenvalue weighted by Crippen LogP contribution is -2.59. The van der Waals surface area contributed by atoms with Gasteiger partial charge in [0.1, 0.15) is 42.3 Å². The van der Waals surface area contributed by atoms with Gasteiger partial charge in [-0.1, -0.05) is 41.5 Å². The largest absolute Gasteiger partial charge is 0.481 e. The average molecular weight is 1080 g/mol. The number of aliphatic carboxylic acids is 2. The van der Waals surface area contributed by atoms with Crippen LogP contribution in [0.25, 0.3) is 0 Å². The van der Waals surface area contributed by atoms with E-state index < -0.39 is 145 Å². The second-order valence-electron chi connectivity index (χ2n) is 19.0. The number of carbonyl (C=O) groups is 12. The van der Waals surface area contributed by atoms with E-state index in [1.54, 1.807) is 47.8 Å². The number of aromatic nitrogens is 2. The number of nitrogens with two attached hydrogens (primary N) is 4. The van der Waals surface area contributed by atoms with Gasteiger partial charge in [0.2, 0.25) is 47.3 Å². The molecule has 1 heterocycles. The predicted octanol–water partition coefficient (Wildman–Crippen LogP) is -3.47. The monoisotopic (exact) mass is 1080 g/mol. The van der Waals surface area contributed by atoms with Crippen molar-refractivity contribution in [1.29, 1.82) is 0 Å². The summed E-state index contributed by atoms with van der Waals surface area (Å²) in [5.74, 6) is -14.4. The Bertz CT molecular complexity index is 2110. The number of primary amides is 1. The van der Waals surface area contributed by atoms with Crippen molar-refractivity contribution >= 4 is 82.9 Å². The molecule has 0 aromatic carbocycles. The second-order valence-corrected chi connectivity index (χ2v) is 20.0. The number of thioether (sulfide) groups is 1. The molecule has 422 valence electrons. The number of hydrogen-bond acceptors (Lipinski definition) is 18. The molecule has 8 amide bonds. The highest BCUT2D eigenvalue weighted by Gasteiger charge is 2.37. The SMILES string of the molecule is CSCC[C@H](NC(=O)[C@H](CC(=O)O)NC(=O)[C@@H](N)Cc1cnc[nH]1)C(=O)N[C@@H](CC(N)=O)C(=O)N[C@@H](CCCCN)C(=O)OC(=O)[C@H](CC(C)C)NC(=O)[C@H](CC(=O)O)NC(=O)[C@H](CC(C)C)NC(=O)[C@@H](N)C(C)C. The van der Waals surface area contributed by atoms with Gasteiger partial charge < -0.3 is 80.1 Å². The normalized spacial score (nSPS) is 14.8. The van der Waals surface area contributed by atoms with Crippen molar-refractivity contribution in [3.8, 4) is 0 Å². The molecule has 1 aromatic rings. The Morgan fingerprint density at radius 1 is 0.600 bits per heavy atom. The van der Waals surface area contributed by atoms with Crippen molar-refractivity contribution in [3.63, 3.8) is 0 Å². The van der Waals surface area contributed by atoms with Crippen LogP contribution in [-0.2, 0) is 68.7 Å². The third-order valence-corrected chi connectivity index (χ3v) is 11.7. The number of esters is 2. The number of unbranched alkanes of at least 4 members (excludes halogenated alkanes) is 1. The van der Waals surface area contributed by atoms with Crippen LogP contribution in [0, 0.1) is 17.8 Å². The van der Waals surface area contributed by atoms with Crippen molar-refractivity contribution in [2.75, 3.05) is 18.6 Å². The zero-order chi connectivity index (χ0) is 57.1. The molecular formula is C46H77N13O15S. The van der Waals surface area contributed by atoms with Crippen LogP contribution in [0.4, 0.5) is 0 Å². The molecule has 0 aliphatic carbocycles. The highest BCUT2D eigenvalue weighted by molar-refractivity contribution is 7.98. The lowest BCUT2D eigenvalue weighted by molar-refractivity contribution is -0.164. The highest BCUT2D eigenvalue weighted by Crippen LogP contribution is 2.13. The number of nitrogens with zero attached hydrogens (tertiary/aromatic N) is 1. The van der Waals surface area contributed by atoms with E-state index in [-0.39, 0.29) is 68.6 Å².